The van der Waals surface area contributed by atoms with Crippen molar-refractivity contribution in [3.05, 3.63) is 109 Å². The maximum absolute atomic E-state index is 13.6. The van der Waals surface area contributed by atoms with Crippen molar-refractivity contribution in [2.24, 2.45) is 0 Å². The van der Waals surface area contributed by atoms with Gasteiger partial charge in [0.15, 0.2) is 34.9 Å². The Hall–Kier alpha value is -6.21. The van der Waals surface area contributed by atoms with Crippen molar-refractivity contribution in [2.45, 2.75) is 102 Å². The number of carbonyl (C=O) groups is 1. The first-order valence-corrected chi connectivity index (χ1v) is 26.1. The summed E-state index contributed by atoms with van der Waals surface area (Å²) in [7, 11) is 0. The number of anilines is 6. The highest BCUT2D eigenvalue weighted by atomic mass is 32.1. The van der Waals surface area contributed by atoms with Gasteiger partial charge in [-0.15, -0.1) is 0 Å². The topological polar surface area (TPSA) is 210 Å². The van der Waals surface area contributed by atoms with Gasteiger partial charge in [0.05, 0.1) is 66.5 Å². The highest BCUT2D eigenvalue weighted by molar-refractivity contribution is 7.59. The van der Waals surface area contributed by atoms with E-state index in [1.165, 1.54) is 24.4 Å². The highest BCUT2D eigenvalue weighted by Gasteiger charge is 2.40. The smallest absolute Gasteiger partial charge is 0.416 e. The van der Waals surface area contributed by atoms with Crippen LogP contribution in [0.2, 0.25) is 0 Å². The molecule has 6 aliphatic heterocycles. The van der Waals surface area contributed by atoms with Gasteiger partial charge in [-0.1, -0.05) is 24.3 Å². The number of amides is 2. The summed E-state index contributed by atoms with van der Waals surface area (Å²) in [5.41, 5.74) is 6.15. The minimum atomic E-state index is -4.50. The molecule has 10 heterocycles. The molecule has 4 atom stereocenters. The van der Waals surface area contributed by atoms with E-state index in [0.29, 0.717) is 90.9 Å². The van der Waals surface area contributed by atoms with E-state index < -0.39 is 41.1 Å². The van der Waals surface area contributed by atoms with Crippen LogP contribution in [0.5, 0.6) is 11.5 Å². The third-order valence-corrected chi connectivity index (χ3v) is 13.8. The highest BCUT2D eigenvalue weighted by Crippen LogP contribution is 2.41. The number of hydrogen-bond donors (Lipinski definition) is 3. The van der Waals surface area contributed by atoms with Gasteiger partial charge in [0.25, 0.3) is 0 Å². The van der Waals surface area contributed by atoms with Crippen molar-refractivity contribution in [1.82, 2.24) is 29.9 Å². The van der Waals surface area contributed by atoms with E-state index in [9.17, 15) is 31.1 Å². The zero-order chi connectivity index (χ0) is 56.4. The number of nitrogens with one attached hydrogen (secondary N) is 2. The summed E-state index contributed by atoms with van der Waals surface area (Å²) in [6.07, 6.45) is 1.12. The van der Waals surface area contributed by atoms with E-state index in [1.54, 1.807) is 53.8 Å². The van der Waals surface area contributed by atoms with Gasteiger partial charge >= 0.3 is 18.4 Å². The van der Waals surface area contributed by atoms with Gasteiger partial charge in [0.1, 0.15) is 48.6 Å². The number of nitrogen functional groups attached to an aromatic ring is 1. The standard InChI is InChI=1S/C28H29F3N6O4.C16H15F3N4.C11H16N2O3.4H2S/c1-27(2)40-16-21(41-27)15-39-20-8-9-23(32-12-20)34-26(38)37-19-7-4-10-36(14-19)22-13-33-24(35-25(22)37)17-5-3-6-18(11-17)28(29,30)31;17-16(18,19)11-4-1-3-10(7-11)14-20-8-13-15(22-14)21-12-5-2-6-23(13)9-12;1-11(2)15-7-9(16-11)6-14-8-3-4-10(12)13-5-8;;;;/h3,5-6,8-9,11-13,19,21H,4,7,10,14-16H2,1-2H3,(H,32,34,38);1,3-4,7-8,12H,2,5-6,9H2,(H,20,21,22);3-5,9H,6-7H2,1-2H3,(H2,12,13);4*1H2/t19-,21-;12-;9-;;;;/m000..../s1. The SMILES string of the molecule is CC1(C)OC[C@H](COc2ccc(N)nc2)O1.CC1(C)OC[C@H](COc2ccc(NC(=O)N3c4nc(-c5cccc(C(F)(F)F)c5)ncc4N4CCC[C@H]3C4)nc2)O1.FC(F)(F)c1cccc(-c2ncc3c(n2)N[C@H]2CCCN3C2)c1.S.S.S.S. The van der Waals surface area contributed by atoms with E-state index in [2.05, 4.69) is 50.3 Å². The Morgan fingerprint density at radius 1 is 0.679 bits per heavy atom. The first-order valence-electron chi connectivity index (χ1n) is 26.1. The molecule has 19 nitrogen and oxygen atoms in total. The van der Waals surface area contributed by atoms with Crippen LogP contribution >= 0.6 is 54.0 Å². The second-order valence-corrected chi connectivity index (χ2v) is 20.8. The van der Waals surface area contributed by atoms with E-state index in [1.807, 2.05) is 27.7 Å². The Morgan fingerprint density at radius 2 is 1.21 bits per heavy atom. The number of halogens is 6. The fourth-order valence-electron chi connectivity index (χ4n) is 10.0. The lowest BCUT2D eigenvalue weighted by atomic mass is 10.0. The van der Waals surface area contributed by atoms with Crippen molar-refractivity contribution in [1.29, 1.82) is 0 Å². The number of piperidine rings is 2. The lowest BCUT2D eigenvalue weighted by Crippen LogP contribution is -2.56. The fourth-order valence-corrected chi connectivity index (χ4v) is 10.0. The molecular formula is C55H68F6N12O7S4. The monoisotopic (exact) mass is 1250 g/mol. The predicted molar refractivity (Wildman–Crippen MR) is 326 cm³/mol. The molecule has 6 aromatic rings. The number of alkyl halides is 6. The number of rotatable bonds is 9. The molecule has 0 aliphatic carbocycles. The number of urea groups is 1. The zero-order valence-electron chi connectivity index (χ0n) is 46.3. The number of ether oxygens (including phenoxy) is 6. The molecule has 4 bridgehead atoms. The summed E-state index contributed by atoms with van der Waals surface area (Å²) in [5, 5.41) is 6.20. The molecule has 12 rings (SSSR count). The van der Waals surface area contributed by atoms with Gasteiger partial charge in [-0.25, -0.2) is 34.7 Å². The van der Waals surface area contributed by atoms with E-state index >= 15 is 0 Å². The van der Waals surface area contributed by atoms with Crippen molar-refractivity contribution in [3.63, 3.8) is 0 Å². The lowest BCUT2D eigenvalue weighted by molar-refractivity contribution is -0.141. The molecule has 29 heteroatoms. The summed E-state index contributed by atoms with van der Waals surface area (Å²) in [6, 6.07) is 16.5. The minimum absolute atomic E-state index is 0. The largest absolute Gasteiger partial charge is 0.489 e. The molecular weight excluding hydrogens is 1180 g/mol. The number of hydrogen-bond acceptors (Lipinski definition) is 17. The third kappa shape index (κ3) is 16.6. The lowest BCUT2D eigenvalue weighted by Gasteiger charge is -2.45. The number of pyridine rings is 2. The number of nitrogens with two attached hydrogens (primary N) is 1. The average Bonchev–Trinajstić information content (AvgIpc) is 4.12. The number of benzene rings is 2. The first kappa shape index (κ1) is 66.9. The van der Waals surface area contributed by atoms with Crippen molar-refractivity contribution >= 4 is 94.7 Å². The van der Waals surface area contributed by atoms with Gasteiger partial charge in [-0.05, 0) is 102 Å². The van der Waals surface area contributed by atoms with Crippen LogP contribution in [-0.2, 0) is 31.3 Å². The molecule has 0 saturated carbocycles. The Balaban J connectivity index is 0.000000222. The number of aromatic nitrogens is 6. The van der Waals surface area contributed by atoms with Gasteiger partial charge in [0.2, 0.25) is 0 Å². The second-order valence-electron chi connectivity index (χ2n) is 20.8. The van der Waals surface area contributed by atoms with Crippen LogP contribution in [0.1, 0.15) is 64.5 Å². The van der Waals surface area contributed by atoms with Crippen molar-refractivity contribution < 1.29 is 59.6 Å². The number of carbonyl (C=O) groups excluding carboxylic acids is 1. The number of fused-ring (bicyclic) bond motifs is 8. The third-order valence-electron chi connectivity index (χ3n) is 13.8. The van der Waals surface area contributed by atoms with Crippen LogP contribution in [0.4, 0.5) is 65.8 Å². The van der Waals surface area contributed by atoms with Gasteiger partial charge < -0.3 is 49.3 Å². The summed E-state index contributed by atoms with van der Waals surface area (Å²) >= 11 is 0. The predicted octanol–water partition coefficient (Wildman–Crippen LogP) is 10.3. The molecule has 0 spiro atoms. The molecule has 0 radical (unpaired) electrons. The van der Waals surface area contributed by atoms with Crippen LogP contribution in [0.3, 0.4) is 0 Å². The van der Waals surface area contributed by atoms with E-state index in [0.717, 1.165) is 75.3 Å². The van der Waals surface area contributed by atoms with Crippen LogP contribution in [0.25, 0.3) is 22.8 Å². The Labute approximate surface area is 509 Å². The van der Waals surface area contributed by atoms with Crippen LogP contribution in [0, 0.1) is 0 Å². The maximum atomic E-state index is 13.6. The van der Waals surface area contributed by atoms with Gasteiger partial charge in [0, 0.05) is 43.3 Å². The number of nitrogens with zero attached hydrogens (tertiary/aromatic N) is 9. The fraction of sp³-hybridized carbons (Fsp3) is 0.436. The molecule has 2 aromatic carbocycles. The Kier molecular flexibility index (Phi) is 22.2. The summed E-state index contributed by atoms with van der Waals surface area (Å²) in [4.78, 5) is 45.4. The van der Waals surface area contributed by atoms with Gasteiger partial charge in [-0.3, -0.25) is 10.2 Å². The second kappa shape index (κ2) is 27.9. The first-order chi connectivity index (χ1) is 38.1. The minimum Gasteiger partial charge on any atom is -0.489 e. The van der Waals surface area contributed by atoms with Crippen molar-refractivity contribution in [2.75, 3.05) is 83.7 Å². The molecule has 84 heavy (non-hydrogen) atoms. The van der Waals surface area contributed by atoms with Crippen LogP contribution < -0.4 is 40.5 Å². The van der Waals surface area contributed by atoms with Crippen LogP contribution in [-0.4, -0.2) is 124 Å². The summed E-state index contributed by atoms with van der Waals surface area (Å²) < 4.78 is 112. The van der Waals surface area contributed by atoms with Gasteiger partial charge in [-0.2, -0.15) is 80.3 Å². The van der Waals surface area contributed by atoms with E-state index in [4.69, 9.17) is 34.2 Å². The molecule has 4 fully saturated rings. The average molecular weight is 1250 g/mol. The quantitative estimate of drug-likeness (QED) is 0.115. The molecule has 2 amide bonds. The molecule has 0 unspecified atom stereocenters. The normalized spacial score (nSPS) is 20.3. The molecule has 4 aromatic heterocycles. The Morgan fingerprint density at radius 3 is 1.74 bits per heavy atom. The van der Waals surface area contributed by atoms with Crippen LogP contribution in [0.15, 0.2) is 97.6 Å². The molecule has 4 saturated heterocycles. The molecule has 6 aliphatic rings. The Bertz CT molecular complexity index is 3160. The summed E-state index contributed by atoms with van der Waals surface area (Å²) in [6.45, 7) is 12.5. The molecule has 4 N–H and O–H groups in total. The zero-order valence-corrected chi connectivity index (χ0v) is 50.3. The maximum Gasteiger partial charge on any atom is 0.416 e. The summed E-state index contributed by atoms with van der Waals surface area (Å²) in [5.74, 6) is 2.32. The van der Waals surface area contributed by atoms with Crippen molar-refractivity contribution in [3.8, 4) is 34.3 Å². The van der Waals surface area contributed by atoms with E-state index in [-0.39, 0.29) is 83.6 Å². The molecule has 456 valence electrons.